The minimum atomic E-state index is -0.244. The van der Waals surface area contributed by atoms with E-state index in [1.807, 2.05) is 36.4 Å². The second-order valence-corrected chi connectivity index (χ2v) is 6.92. The summed E-state index contributed by atoms with van der Waals surface area (Å²) in [6.07, 6.45) is 1.13. The molecule has 0 spiro atoms. The van der Waals surface area contributed by atoms with Crippen LogP contribution in [-0.4, -0.2) is 38.7 Å². The summed E-state index contributed by atoms with van der Waals surface area (Å²) >= 11 is 6.36. The molecule has 2 aromatic rings. The van der Waals surface area contributed by atoms with Crippen LogP contribution in [0, 0.1) is 0 Å². The Labute approximate surface area is 164 Å². The van der Waals surface area contributed by atoms with E-state index in [4.69, 9.17) is 25.8 Å². The average molecular weight is 390 g/mol. The van der Waals surface area contributed by atoms with Crippen molar-refractivity contribution in [3.63, 3.8) is 0 Å². The number of hydrogen-bond donors (Lipinski definition) is 0. The minimum absolute atomic E-state index is 0.114. The van der Waals surface area contributed by atoms with Crippen LogP contribution in [0.2, 0.25) is 5.02 Å². The molecule has 2 aromatic carbocycles. The van der Waals surface area contributed by atoms with Crippen molar-refractivity contribution in [3.05, 3.63) is 58.1 Å². The molecule has 6 heteroatoms. The van der Waals surface area contributed by atoms with Crippen LogP contribution in [0.25, 0.3) is 0 Å². The molecule has 144 valence electrons. The van der Waals surface area contributed by atoms with Gasteiger partial charge in [-0.2, -0.15) is 0 Å². The van der Waals surface area contributed by atoms with E-state index < -0.39 is 0 Å². The van der Waals surface area contributed by atoms with Crippen molar-refractivity contribution in [2.24, 2.45) is 0 Å². The molecule has 0 N–H and O–H groups in total. The maximum absolute atomic E-state index is 12.1. The molecule has 0 saturated carbocycles. The van der Waals surface area contributed by atoms with Gasteiger partial charge in [-0.15, -0.1) is 0 Å². The molecule has 27 heavy (non-hydrogen) atoms. The van der Waals surface area contributed by atoms with Crippen LogP contribution >= 0.6 is 11.6 Å². The molecular formula is C21H24ClNO4. The molecule has 0 aliphatic carbocycles. The number of esters is 1. The Kier molecular flexibility index (Phi) is 6.24. The van der Waals surface area contributed by atoms with Crippen molar-refractivity contribution >= 4 is 17.6 Å². The van der Waals surface area contributed by atoms with Gasteiger partial charge in [-0.3, -0.25) is 9.69 Å². The third kappa shape index (κ3) is 4.20. The van der Waals surface area contributed by atoms with E-state index in [-0.39, 0.29) is 18.4 Å². The molecule has 0 aromatic heterocycles. The fourth-order valence-electron chi connectivity index (χ4n) is 3.60. The van der Waals surface area contributed by atoms with Crippen molar-refractivity contribution in [1.82, 2.24) is 4.90 Å². The van der Waals surface area contributed by atoms with Gasteiger partial charge in [0.05, 0.1) is 27.8 Å². The molecular weight excluding hydrogens is 366 g/mol. The van der Waals surface area contributed by atoms with E-state index in [9.17, 15) is 4.79 Å². The number of hydrogen-bond acceptors (Lipinski definition) is 5. The lowest BCUT2D eigenvalue weighted by molar-refractivity contribution is -0.142. The first kappa shape index (κ1) is 19.5. The van der Waals surface area contributed by atoms with Crippen LogP contribution in [0.1, 0.15) is 29.2 Å². The summed E-state index contributed by atoms with van der Waals surface area (Å²) in [6.45, 7) is 1.48. The van der Waals surface area contributed by atoms with E-state index in [2.05, 4.69) is 4.90 Å². The Balaban J connectivity index is 1.98. The van der Waals surface area contributed by atoms with Crippen molar-refractivity contribution in [1.29, 1.82) is 0 Å². The summed E-state index contributed by atoms with van der Waals surface area (Å²) in [5.74, 6) is 1.12. The lowest BCUT2D eigenvalue weighted by Crippen LogP contribution is -2.36. The molecule has 0 saturated heterocycles. The zero-order chi connectivity index (χ0) is 19.4. The van der Waals surface area contributed by atoms with E-state index in [1.165, 1.54) is 7.11 Å². The van der Waals surface area contributed by atoms with Crippen LogP contribution in [0.3, 0.4) is 0 Å². The number of methoxy groups -OCH3 is 3. The fraction of sp³-hybridized carbons (Fsp3) is 0.381. The largest absolute Gasteiger partial charge is 0.493 e. The minimum Gasteiger partial charge on any atom is -0.493 e. The number of halogens is 1. The highest BCUT2D eigenvalue weighted by Gasteiger charge is 2.31. The molecule has 1 aliphatic rings. The summed E-state index contributed by atoms with van der Waals surface area (Å²) in [4.78, 5) is 14.4. The number of ether oxygens (including phenoxy) is 3. The molecule has 0 unspecified atom stereocenters. The van der Waals surface area contributed by atoms with Gasteiger partial charge in [-0.25, -0.2) is 0 Å². The molecule has 1 aliphatic heterocycles. The average Bonchev–Trinajstić information content (AvgIpc) is 2.70. The normalized spacial score (nSPS) is 16.5. The molecule has 3 rings (SSSR count). The topological polar surface area (TPSA) is 48.0 Å². The lowest BCUT2D eigenvalue weighted by atomic mass is 9.89. The van der Waals surface area contributed by atoms with Crippen LogP contribution in [0.5, 0.6) is 11.5 Å². The van der Waals surface area contributed by atoms with Gasteiger partial charge in [-0.1, -0.05) is 29.8 Å². The predicted molar refractivity (Wildman–Crippen MR) is 104 cm³/mol. The number of carbonyl (C=O) groups is 1. The number of rotatable bonds is 6. The maximum atomic E-state index is 12.1. The van der Waals surface area contributed by atoms with Crippen LogP contribution < -0.4 is 9.47 Å². The van der Waals surface area contributed by atoms with Gasteiger partial charge in [0.15, 0.2) is 11.5 Å². The van der Waals surface area contributed by atoms with E-state index >= 15 is 0 Å². The maximum Gasteiger partial charge on any atom is 0.307 e. The summed E-state index contributed by atoms with van der Waals surface area (Å²) in [5, 5.41) is 0.729. The summed E-state index contributed by atoms with van der Waals surface area (Å²) in [6, 6.07) is 11.7. The zero-order valence-corrected chi connectivity index (χ0v) is 16.6. The molecule has 1 atom stereocenters. The SMILES string of the molecule is COC(=O)C[C@H]1c2cc(OC)c(OC)cc2CCN1Cc1ccccc1Cl. The highest BCUT2D eigenvalue weighted by Crippen LogP contribution is 2.40. The van der Waals surface area contributed by atoms with Crippen molar-refractivity contribution in [2.45, 2.75) is 25.4 Å². The number of carbonyl (C=O) groups excluding carboxylic acids is 1. The summed E-state index contributed by atoms with van der Waals surface area (Å²) in [7, 11) is 4.66. The predicted octanol–water partition coefficient (Wildman–Crippen LogP) is 4.02. The highest BCUT2D eigenvalue weighted by atomic mass is 35.5. The molecule has 1 heterocycles. The molecule has 0 amide bonds. The van der Waals surface area contributed by atoms with Gasteiger partial charge in [0.1, 0.15) is 0 Å². The Morgan fingerprint density at radius 2 is 1.85 bits per heavy atom. The Bertz CT molecular complexity index is 824. The first-order valence-corrected chi connectivity index (χ1v) is 9.24. The number of nitrogens with zero attached hydrogens (tertiary/aromatic N) is 1. The monoisotopic (exact) mass is 389 g/mol. The van der Waals surface area contributed by atoms with E-state index in [1.54, 1.807) is 14.2 Å². The summed E-state index contributed by atoms with van der Waals surface area (Å²) in [5.41, 5.74) is 3.27. The standard InChI is InChI=1S/C21H24ClNO4/c1-25-19-10-14-8-9-23(13-15-6-4-5-7-17(15)22)18(12-21(24)27-3)16(14)11-20(19)26-2/h4-7,10-11,18H,8-9,12-13H2,1-3H3/t18-/m0/s1. The number of benzene rings is 2. The Morgan fingerprint density at radius 3 is 2.52 bits per heavy atom. The first-order valence-electron chi connectivity index (χ1n) is 8.86. The van der Waals surface area contributed by atoms with Gasteiger partial charge in [0.25, 0.3) is 0 Å². The quantitative estimate of drug-likeness (QED) is 0.698. The van der Waals surface area contributed by atoms with E-state index in [0.717, 1.165) is 34.7 Å². The smallest absolute Gasteiger partial charge is 0.307 e. The Hall–Kier alpha value is -2.24. The van der Waals surface area contributed by atoms with Gasteiger partial charge in [0, 0.05) is 24.2 Å². The van der Waals surface area contributed by atoms with Crippen molar-refractivity contribution in [2.75, 3.05) is 27.9 Å². The van der Waals surface area contributed by atoms with Crippen molar-refractivity contribution < 1.29 is 19.0 Å². The van der Waals surface area contributed by atoms with Gasteiger partial charge in [0.2, 0.25) is 0 Å². The van der Waals surface area contributed by atoms with Crippen LogP contribution in [-0.2, 0) is 22.5 Å². The number of fused-ring (bicyclic) bond motifs is 1. The second kappa shape index (κ2) is 8.63. The molecule has 0 fully saturated rings. The van der Waals surface area contributed by atoms with E-state index in [0.29, 0.717) is 18.0 Å². The third-order valence-corrected chi connectivity index (χ3v) is 5.40. The van der Waals surface area contributed by atoms with Gasteiger partial charge >= 0.3 is 5.97 Å². The Morgan fingerprint density at radius 1 is 1.15 bits per heavy atom. The van der Waals surface area contributed by atoms with Gasteiger partial charge < -0.3 is 14.2 Å². The molecule has 0 bridgehead atoms. The summed E-state index contributed by atoms with van der Waals surface area (Å²) < 4.78 is 15.8. The second-order valence-electron chi connectivity index (χ2n) is 6.51. The molecule has 0 radical (unpaired) electrons. The lowest BCUT2D eigenvalue weighted by Gasteiger charge is -2.37. The fourth-order valence-corrected chi connectivity index (χ4v) is 3.79. The first-order chi connectivity index (χ1) is 13.1. The highest BCUT2D eigenvalue weighted by molar-refractivity contribution is 6.31. The third-order valence-electron chi connectivity index (χ3n) is 5.03. The van der Waals surface area contributed by atoms with Gasteiger partial charge in [-0.05, 0) is 41.3 Å². The zero-order valence-electron chi connectivity index (χ0n) is 15.8. The van der Waals surface area contributed by atoms with Crippen molar-refractivity contribution in [3.8, 4) is 11.5 Å². The molecule has 5 nitrogen and oxygen atoms in total. The van der Waals surface area contributed by atoms with Crippen LogP contribution in [0.15, 0.2) is 36.4 Å². The van der Waals surface area contributed by atoms with Crippen LogP contribution in [0.4, 0.5) is 0 Å².